The van der Waals surface area contributed by atoms with E-state index in [-0.39, 0.29) is 17.9 Å². The van der Waals surface area contributed by atoms with Gasteiger partial charge in [0, 0.05) is 13.1 Å². The molecule has 0 bridgehead atoms. The van der Waals surface area contributed by atoms with E-state index in [1.165, 1.54) is 5.56 Å². The van der Waals surface area contributed by atoms with Gasteiger partial charge < -0.3 is 4.90 Å². The Kier molecular flexibility index (Phi) is 3.13. The molecule has 2 rings (SSSR count). The van der Waals surface area contributed by atoms with Gasteiger partial charge in [0.15, 0.2) is 0 Å². The van der Waals surface area contributed by atoms with Gasteiger partial charge in [-0.3, -0.25) is 10.1 Å². The first-order chi connectivity index (χ1) is 8.06. The van der Waals surface area contributed by atoms with Crippen molar-refractivity contribution in [3.63, 3.8) is 0 Å². The van der Waals surface area contributed by atoms with Crippen molar-refractivity contribution in [1.29, 1.82) is 0 Å². The molecule has 90 valence electrons. The Morgan fingerprint density at radius 2 is 1.94 bits per heavy atom. The number of urea groups is 1. The molecule has 0 aliphatic carbocycles. The average Bonchev–Trinajstić information content (AvgIpc) is 2.29. The fraction of sp³-hybridized carbons (Fsp3) is 0.385. The first-order valence-corrected chi connectivity index (χ1v) is 5.71. The van der Waals surface area contributed by atoms with Gasteiger partial charge >= 0.3 is 6.03 Å². The predicted octanol–water partition coefficient (Wildman–Crippen LogP) is 1.68. The molecule has 1 heterocycles. The van der Waals surface area contributed by atoms with Gasteiger partial charge in [0.1, 0.15) is 0 Å². The number of nitrogens with zero attached hydrogens (tertiary/aromatic N) is 1. The Morgan fingerprint density at radius 1 is 1.29 bits per heavy atom. The summed E-state index contributed by atoms with van der Waals surface area (Å²) in [5.74, 6) is -0.326. The Morgan fingerprint density at radius 3 is 2.59 bits per heavy atom. The van der Waals surface area contributed by atoms with Crippen LogP contribution in [0.3, 0.4) is 0 Å². The van der Waals surface area contributed by atoms with E-state index in [1.54, 1.807) is 4.90 Å². The summed E-state index contributed by atoms with van der Waals surface area (Å²) < 4.78 is 0. The van der Waals surface area contributed by atoms with Crippen LogP contribution in [0.25, 0.3) is 0 Å². The lowest BCUT2D eigenvalue weighted by atomic mass is 10.1. The Balaban J connectivity index is 2.06. The van der Waals surface area contributed by atoms with Crippen LogP contribution in [0.2, 0.25) is 0 Å². The SMILES string of the molecule is Cc1ccc(CN2CC(C)C(=O)NC2=O)cc1. The predicted molar refractivity (Wildman–Crippen MR) is 64.3 cm³/mol. The highest BCUT2D eigenvalue weighted by atomic mass is 16.2. The van der Waals surface area contributed by atoms with Crippen LogP contribution in [0.5, 0.6) is 0 Å². The van der Waals surface area contributed by atoms with Crippen molar-refractivity contribution in [3.05, 3.63) is 35.4 Å². The molecule has 0 saturated carbocycles. The molecule has 1 N–H and O–H groups in total. The molecule has 3 amide bonds. The molecule has 1 aromatic rings. The highest BCUT2D eigenvalue weighted by molar-refractivity contribution is 5.97. The smallest absolute Gasteiger partial charge is 0.319 e. The summed E-state index contributed by atoms with van der Waals surface area (Å²) in [5, 5.41) is 2.36. The number of carbonyl (C=O) groups is 2. The fourth-order valence-corrected chi connectivity index (χ4v) is 1.85. The zero-order chi connectivity index (χ0) is 12.4. The summed E-state index contributed by atoms with van der Waals surface area (Å²) in [6.45, 7) is 4.88. The van der Waals surface area contributed by atoms with Gasteiger partial charge in [0.05, 0.1) is 5.92 Å². The normalized spacial score (nSPS) is 20.4. The van der Waals surface area contributed by atoms with Crippen LogP contribution in [0.1, 0.15) is 18.1 Å². The monoisotopic (exact) mass is 232 g/mol. The second kappa shape index (κ2) is 4.57. The molecule has 17 heavy (non-hydrogen) atoms. The van der Waals surface area contributed by atoms with Gasteiger partial charge in [-0.25, -0.2) is 4.79 Å². The second-order valence-electron chi connectivity index (χ2n) is 4.56. The lowest BCUT2D eigenvalue weighted by Crippen LogP contribution is -2.53. The van der Waals surface area contributed by atoms with Gasteiger partial charge in [-0.15, -0.1) is 0 Å². The van der Waals surface area contributed by atoms with Crippen molar-refractivity contribution in [2.45, 2.75) is 20.4 Å². The van der Waals surface area contributed by atoms with Crippen LogP contribution in [0, 0.1) is 12.8 Å². The maximum Gasteiger partial charge on any atom is 0.324 e. The second-order valence-corrected chi connectivity index (χ2v) is 4.56. The minimum Gasteiger partial charge on any atom is -0.319 e. The molecule has 4 heteroatoms. The first kappa shape index (κ1) is 11.6. The Labute approximate surface area is 101 Å². The zero-order valence-corrected chi connectivity index (χ0v) is 10.1. The largest absolute Gasteiger partial charge is 0.324 e. The quantitative estimate of drug-likeness (QED) is 0.843. The Bertz CT molecular complexity index is 439. The third kappa shape index (κ3) is 2.64. The number of carbonyl (C=O) groups excluding carboxylic acids is 2. The maximum atomic E-state index is 11.6. The molecule has 1 aromatic carbocycles. The molecule has 0 aromatic heterocycles. The molecule has 1 unspecified atom stereocenters. The van der Waals surface area contributed by atoms with E-state index in [9.17, 15) is 9.59 Å². The number of benzene rings is 1. The van der Waals surface area contributed by atoms with Crippen molar-refractivity contribution < 1.29 is 9.59 Å². The number of rotatable bonds is 2. The van der Waals surface area contributed by atoms with Gasteiger partial charge in [-0.2, -0.15) is 0 Å². The van der Waals surface area contributed by atoms with Crippen molar-refractivity contribution in [2.75, 3.05) is 6.54 Å². The van der Waals surface area contributed by atoms with E-state index in [4.69, 9.17) is 0 Å². The summed E-state index contributed by atoms with van der Waals surface area (Å²) in [5.41, 5.74) is 2.27. The lowest BCUT2D eigenvalue weighted by molar-refractivity contribution is -0.125. The van der Waals surface area contributed by atoms with E-state index < -0.39 is 0 Å². The van der Waals surface area contributed by atoms with Crippen LogP contribution in [0.4, 0.5) is 4.79 Å². The summed E-state index contributed by atoms with van der Waals surface area (Å²) in [6.07, 6.45) is 0. The standard InChI is InChI=1S/C13H16N2O2/c1-9-3-5-11(6-4-9)8-15-7-10(2)12(16)14-13(15)17/h3-6,10H,7-8H2,1-2H3,(H,14,16,17). The van der Waals surface area contributed by atoms with E-state index >= 15 is 0 Å². The minimum absolute atomic E-state index is 0.141. The minimum atomic E-state index is -0.298. The van der Waals surface area contributed by atoms with E-state index in [2.05, 4.69) is 5.32 Å². The third-order valence-corrected chi connectivity index (χ3v) is 2.95. The van der Waals surface area contributed by atoms with E-state index in [1.807, 2.05) is 38.1 Å². The molecule has 1 atom stereocenters. The van der Waals surface area contributed by atoms with Gasteiger partial charge in [-0.1, -0.05) is 36.8 Å². The summed E-state index contributed by atoms with van der Waals surface area (Å²) in [4.78, 5) is 24.6. The first-order valence-electron chi connectivity index (χ1n) is 5.71. The summed E-state index contributed by atoms with van der Waals surface area (Å²) in [7, 11) is 0. The van der Waals surface area contributed by atoms with E-state index in [0.29, 0.717) is 13.1 Å². The van der Waals surface area contributed by atoms with Gasteiger partial charge in [0.2, 0.25) is 5.91 Å². The summed E-state index contributed by atoms with van der Waals surface area (Å²) in [6, 6.07) is 7.75. The van der Waals surface area contributed by atoms with Crippen LogP contribution < -0.4 is 5.32 Å². The van der Waals surface area contributed by atoms with Crippen molar-refractivity contribution in [3.8, 4) is 0 Å². The fourth-order valence-electron chi connectivity index (χ4n) is 1.85. The number of aryl methyl sites for hydroxylation is 1. The number of nitrogens with one attached hydrogen (secondary N) is 1. The van der Waals surface area contributed by atoms with Crippen molar-refractivity contribution in [1.82, 2.24) is 10.2 Å². The number of hydrogen-bond donors (Lipinski definition) is 1. The van der Waals surface area contributed by atoms with Crippen LogP contribution >= 0.6 is 0 Å². The zero-order valence-electron chi connectivity index (χ0n) is 10.1. The average molecular weight is 232 g/mol. The third-order valence-electron chi connectivity index (χ3n) is 2.95. The molecular formula is C13H16N2O2. The number of amides is 3. The van der Waals surface area contributed by atoms with Crippen molar-refractivity contribution >= 4 is 11.9 Å². The highest BCUT2D eigenvalue weighted by Crippen LogP contribution is 2.12. The molecule has 1 saturated heterocycles. The van der Waals surface area contributed by atoms with Crippen LogP contribution in [0.15, 0.2) is 24.3 Å². The lowest BCUT2D eigenvalue weighted by Gasteiger charge is -2.30. The molecule has 4 nitrogen and oxygen atoms in total. The number of imide groups is 1. The maximum absolute atomic E-state index is 11.6. The van der Waals surface area contributed by atoms with Gasteiger partial charge in [-0.05, 0) is 12.5 Å². The highest BCUT2D eigenvalue weighted by Gasteiger charge is 2.28. The number of hydrogen-bond acceptors (Lipinski definition) is 2. The molecule has 0 radical (unpaired) electrons. The molecule has 1 fully saturated rings. The molecular weight excluding hydrogens is 216 g/mol. The molecule has 1 aliphatic heterocycles. The summed E-state index contributed by atoms with van der Waals surface area (Å²) >= 11 is 0. The van der Waals surface area contributed by atoms with Crippen LogP contribution in [-0.4, -0.2) is 23.4 Å². The van der Waals surface area contributed by atoms with Gasteiger partial charge in [0.25, 0.3) is 0 Å². The molecule has 0 spiro atoms. The van der Waals surface area contributed by atoms with Crippen LogP contribution in [-0.2, 0) is 11.3 Å². The Hall–Kier alpha value is -1.84. The van der Waals surface area contributed by atoms with Crippen molar-refractivity contribution in [2.24, 2.45) is 5.92 Å². The van der Waals surface area contributed by atoms with E-state index in [0.717, 1.165) is 5.56 Å². The molecule has 1 aliphatic rings. The topological polar surface area (TPSA) is 49.4 Å².